The van der Waals surface area contributed by atoms with Crippen LogP contribution in [0.3, 0.4) is 0 Å². The van der Waals surface area contributed by atoms with Gasteiger partial charge >= 0.3 is 0 Å². The molecule has 0 bridgehead atoms. The van der Waals surface area contributed by atoms with Crippen molar-refractivity contribution >= 4 is 16.6 Å². The SMILES string of the molecule is C/C=C1\CCC2[C@H](CO)C([C@@]3(C)CC[C@H](O)C[C@@H]3CO)CC[C@]12C.C/C=C1\CCC2[C@H](CO[Si](C)(C)C(C)(C)C)C([C@@]3(C)CC[C@H](C)C[C@@H]3CO[Si](C)(C)C(C)(C)C)CC[C@]12C. The van der Waals surface area contributed by atoms with Gasteiger partial charge in [0, 0.05) is 26.4 Å². The minimum absolute atomic E-state index is 0.0430. The van der Waals surface area contributed by atoms with Gasteiger partial charge < -0.3 is 24.2 Å². The molecule has 14 atom stereocenters. The van der Waals surface area contributed by atoms with E-state index in [4.69, 9.17) is 8.85 Å². The highest BCUT2D eigenvalue weighted by Gasteiger charge is 2.59. The van der Waals surface area contributed by atoms with E-state index in [2.05, 4.69) is 128 Å². The average molecular weight is 900 g/mol. The standard InChI is InChI=1S/C34H66O2Si2.C21H36O3/c1-15-26-16-17-29-28(24-36-38(13,14)32(6,7)8)30(19-21-33(26,29)9)34(10)20-18-25(2)22-27(34)23-35-37(11,12)31(3,4)5;1-4-14-5-6-18-17(13-23)19(8-10-20(14,18)2)21(3)9-7-16(24)11-15(21)12-22/h15,25,27-30H,16-24H2,1-14H3;4,15-19,22-24H,5-13H2,1-3H3/b26-15+;14-4+/t25-,27+,28-,29?,30?,33+,34-;15-,16+,17+,18?,19?,20-,21+/m01/s1. The van der Waals surface area contributed by atoms with Gasteiger partial charge in [0.15, 0.2) is 16.6 Å². The predicted octanol–water partition coefficient (Wildman–Crippen LogP) is 14.4. The first-order valence-corrected chi connectivity index (χ1v) is 31.9. The molecule has 0 saturated heterocycles. The molecule has 4 unspecified atom stereocenters. The number of aliphatic hydroxyl groups is 3. The molecule has 360 valence electrons. The second-order valence-corrected chi connectivity index (χ2v) is 36.2. The number of hydrogen-bond donors (Lipinski definition) is 3. The second kappa shape index (κ2) is 19.4. The third-order valence-electron chi connectivity index (χ3n) is 21.6. The number of hydrogen-bond acceptors (Lipinski definition) is 5. The molecule has 7 heteroatoms. The van der Waals surface area contributed by atoms with Crippen molar-refractivity contribution < 1.29 is 24.2 Å². The Hall–Kier alpha value is -0.286. The number of rotatable bonds is 10. The van der Waals surface area contributed by atoms with E-state index in [0.29, 0.717) is 46.8 Å². The van der Waals surface area contributed by atoms with Gasteiger partial charge in [-0.3, -0.25) is 0 Å². The lowest BCUT2D eigenvalue weighted by Gasteiger charge is -2.57. The van der Waals surface area contributed by atoms with E-state index < -0.39 is 16.6 Å². The normalized spacial score (nSPS) is 43.3. The summed E-state index contributed by atoms with van der Waals surface area (Å²) in [6, 6.07) is 0. The molecule has 0 heterocycles. The van der Waals surface area contributed by atoms with Crippen molar-refractivity contribution in [2.75, 3.05) is 26.4 Å². The van der Waals surface area contributed by atoms with Crippen LogP contribution < -0.4 is 0 Å². The molecule has 0 spiro atoms. The van der Waals surface area contributed by atoms with E-state index in [1.54, 1.807) is 11.1 Å². The summed E-state index contributed by atoms with van der Waals surface area (Å²) in [4.78, 5) is 0. The number of aliphatic hydroxyl groups excluding tert-OH is 3. The van der Waals surface area contributed by atoms with Crippen LogP contribution in [-0.4, -0.2) is 64.5 Å². The van der Waals surface area contributed by atoms with Crippen LogP contribution in [0.5, 0.6) is 0 Å². The molecule has 0 radical (unpaired) electrons. The predicted molar refractivity (Wildman–Crippen MR) is 268 cm³/mol. The summed E-state index contributed by atoms with van der Waals surface area (Å²) in [5, 5.41) is 30.9. The molecule has 3 N–H and O–H groups in total. The van der Waals surface area contributed by atoms with Crippen LogP contribution in [0.25, 0.3) is 0 Å². The molecule has 6 rings (SSSR count). The lowest BCUT2D eigenvalue weighted by atomic mass is 9.49. The summed E-state index contributed by atoms with van der Waals surface area (Å²) in [7, 11) is -3.58. The molecule has 6 aliphatic rings. The lowest BCUT2D eigenvalue weighted by molar-refractivity contribution is -0.104. The van der Waals surface area contributed by atoms with Crippen molar-refractivity contribution in [1.29, 1.82) is 0 Å². The van der Waals surface area contributed by atoms with Gasteiger partial charge in [-0.1, -0.05) is 106 Å². The van der Waals surface area contributed by atoms with E-state index in [0.717, 1.165) is 50.2 Å². The molecule has 0 aromatic heterocycles. The molecular weight excluding hydrogens is 797 g/mol. The molecule has 0 amide bonds. The Kier molecular flexibility index (Phi) is 16.5. The van der Waals surface area contributed by atoms with Crippen LogP contribution in [0.4, 0.5) is 0 Å². The van der Waals surface area contributed by atoms with Crippen LogP contribution >= 0.6 is 0 Å². The average Bonchev–Trinajstić information content (AvgIpc) is 3.72. The quantitative estimate of drug-likeness (QED) is 0.150. The van der Waals surface area contributed by atoms with Gasteiger partial charge in [0.05, 0.1) is 6.10 Å². The molecule has 0 aromatic carbocycles. The number of fused-ring (bicyclic) bond motifs is 2. The van der Waals surface area contributed by atoms with Crippen molar-refractivity contribution in [2.45, 2.75) is 222 Å². The first-order valence-electron chi connectivity index (χ1n) is 26.1. The first kappa shape index (κ1) is 52.7. The van der Waals surface area contributed by atoms with Crippen LogP contribution in [0.2, 0.25) is 36.3 Å². The Bertz CT molecular complexity index is 1560. The van der Waals surface area contributed by atoms with Gasteiger partial charge in [-0.2, -0.15) is 0 Å². The molecular formula is C55H102O5Si2. The fraction of sp³-hybridized carbons (Fsp3) is 0.927. The third-order valence-corrected chi connectivity index (χ3v) is 30.6. The highest BCUT2D eigenvalue weighted by atomic mass is 28.4. The van der Waals surface area contributed by atoms with Crippen molar-refractivity contribution in [3.8, 4) is 0 Å². The molecule has 0 aromatic rings. The van der Waals surface area contributed by atoms with Crippen LogP contribution in [0.15, 0.2) is 23.3 Å². The summed E-state index contributed by atoms with van der Waals surface area (Å²) in [5.74, 6) is 5.15. The molecule has 6 saturated carbocycles. The molecule has 5 nitrogen and oxygen atoms in total. The Labute approximate surface area is 386 Å². The van der Waals surface area contributed by atoms with Crippen molar-refractivity contribution in [2.24, 2.45) is 74.9 Å². The zero-order valence-electron chi connectivity index (χ0n) is 43.8. The van der Waals surface area contributed by atoms with Crippen LogP contribution in [-0.2, 0) is 8.85 Å². The van der Waals surface area contributed by atoms with Gasteiger partial charge in [-0.25, -0.2) is 0 Å². The maximum Gasteiger partial charge on any atom is 0.191 e. The van der Waals surface area contributed by atoms with Crippen molar-refractivity contribution in [3.05, 3.63) is 23.3 Å². The van der Waals surface area contributed by atoms with E-state index in [1.807, 2.05) is 0 Å². The van der Waals surface area contributed by atoms with Crippen molar-refractivity contribution in [3.63, 3.8) is 0 Å². The van der Waals surface area contributed by atoms with Gasteiger partial charge in [-0.15, -0.1) is 0 Å². The Morgan fingerprint density at radius 2 is 1.03 bits per heavy atom. The second-order valence-electron chi connectivity index (χ2n) is 26.6. The highest BCUT2D eigenvalue weighted by Crippen LogP contribution is 2.66. The number of allylic oxidation sites excluding steroid dienone is 4. The third kappa shape index (κ3) is 9.97. The zero-order valence-corrected chi connectivity index (χ0v) is 45.8. The topological polar surface area (TPSA) is 79.2 Å². The largest absolute Gasteiger partial charge is 0.417 e. The Balaban J connectivity index is 0.000000259. The van der Waals surface area contributed by atoms with Gasteiger partial charge in [0.25, 0.3) is 0 Å². The van der Waals surface area contributed by atoms with Crippen LogP contribution in [0, 0.1) is 74.9 Å². The smallest absolute Gasteiger partial charge is 0.191 e. The van der Waals surface area contributed by atoms with E-state index in [9.17, 15) is 15.3 Å². The van der Waals surface area contributed by atoms with E-state index >= 15 is 0 Å². The van der Waals surface area contributed by atoms with Gasteiger partial charge in [0.2, 0.25) is 0 Å². The Morgan fingerprint density at radius 3 is 1.50 bits per heavy atom. The van der Waals surface area contributed by atoms with Crippen LogP contribution in [0.1, 0.15) is 180 Å². The monoisotopic (exact) mass is 899 g/mol. The highest BCUT2D eigenvalue weighted by molar-refractivity contribution is 6.74. The molecule has 0 aliphatic heterocycles. The minimum Gasteiger partial charge on any atom is -0.417 e. The van der Waals surface area contributed by atoms with Gasteiger partial charge in [-0.05, 0) is 209 Å². The van der Waals surface area contributed by atoms with E-state index in [1.165, 1.54) is 64.2 Å². The molecule has 62 heavy (non-hydrogen) atoms. The first-order chi connectivity index (χ1) is 28.6. The summed E-state index contributed by atoms with van der Waals surface area (Å²) in [6.45, 7) is 43.5. The van der Waals surface area contributed by atoms with E-state index in [-0.39, 0.29) is 46.1 Å². The summed E-state index contributed by atoms with van der Waals surface area (Å²) >= 11 is 0. The van der Waals surface area contributed by atoms with Crippen molar-refractivity contribution in [1.82, 2.24) is 0 Å². The minimum atomic E-state index is -1.81. The summed E-state index contributed by atoms with van der Waals surface area (Å²) in [5.41, 5.74) is 4.35. The lowest BCUT2D eigenvalue weighted by Crippen LogP contribution is -2.54. The fourth-order valence-corrected chi connectivity index (χ4v) is 17.0. The fourth-order valence-electron chi connectivity index (χ4n) is 14.9. The Morgan fingerprint density at radius 1 is 0.581 bits per heavy atom. The molecule has 6 fully saturated rings. The van der Waals surface area contributed by atoms with Gasteiger partial charge in [0.1, 0.15) is 0 Å². The summed E-state index contributed by atoms with van der Waals surface area (Å²) in [6.07, 6.45) is 21.2. The maximum atomic E-state index is 10.3. The zero-order chi connectivity index (χ0) is 46.5. The maximum absolute atomic E-state index is 10.3. The summed E-state index contributed by atoms with van der Waals surface area (Å²) < 4.78 is 14.1. The molecule has 6 aliphatic carbocycles.